The number of rotatable bonds is 14. The van der Waals surface area contributed by atoms with Gasteiger partial charge in [0.05, 0.1) is 37.6 Å². The fraction of sp³-hybridized carbons (Fsp3) is 0.679. The number of ether oxygens (including phenoxy) is 2. The zero-order chi connectivity index (χ0) is 27.3. The third-order valence-electron chi connectivity index (χ3n) is 7.06. The predicted octanol–water partition coefficient (Wildman–Crippen LogP) is 4.08. The minimum Gasteiger partial charge on any atom is -0.465 e. The maximum atomic E-state index is 15.2. The van der Waals surface area contributed by atoms with Crippen LogP contribution >= 0.6 is 0 Å². The van der Waals surface area contributed by atoms with E-state index in [9.17, 15) is 14.4 Å². The number of esters is 2. The lowest BCUT2D eigenvalue weighted by Gasteiger charge is -2.25. The number of hydrogen-bond acceptors (Lipinski definition) is 8. The van der Waals surface area contributed by atoms with Crippen LogP contribution in [0.25, 0.3) is 0 Å². The molecular formula is C28H43FN4O5. The van der Waals surface area contributed by atoms with Gasteiger partial charge in [-0.1, -0.05) is 32.1 Å². The number of amides is 1. The number of halogens is 1. The molecule has 2 aliphatic rings. The van der Waals surface area contributed by atoms with Crippen LogP contribution in [0, 0.1) is 5.82 Å². The van der Waals surface area contributed by atoms with Crippen molar-refractivity contribution in [3.63, 3.8) is 0 Å². The monoisotopic (exact) mass is 534 g/mol. The molecule has 2 aliphatic carbocycles. The standard InChI is InChI=1S/C28H43FN4O5/c1-3-37-26(34)18-33(19-27(35)38-4-2)15-14-30-28(36)22-16-23(29)25(32-21-10-6-5-7-11-21)17-24(22)31-20-12-8-9-13-20/h16-17,20-21,31-32H,3-15,18-19H2,1-2H3,(H,30,36). The molecule has 212 valence electrons. The zero-order valence-corrected chi connectivity index (χ0v) is 22.8. The van der Waals surface area contributed by atoms with Crippen molar-refractivity contribution < 1.29 is 28.2 Å². The lowest BCUT2D eigenvalue weighted by atomic mass is 9.95. The lowest BCUT2D eigenvalue weighted by Crippen LogP contribution is -2.41. The molecule has 3 N–H and O–H groups in total. The van der Waals surface area contributed by atoms with Gasteiger partial charge in [0.25, 0.3) is 5.91 Å². The number of carbonyl (C=O) groups is 3. The Bertz CT molecular complexity index is 912. The van der Waals surface area contributed by atoms with Crippen molar-refractivity contribution in [3.05, 3.63) is 23.5 Å². The number of carbonyl (C=O) groups excluding carboxylic acids is 3. The van der Waals surface area contributed by atoms with E-state index in [4.69, 9.17) is 9.47 Å². The molecule has 2 saturated carbocycles. The Hall–Kier alpha value is -2.88. The van der Waals surface area contributed by atoms with Crippen LogP contribution in [0.3, 0.4) is 0 Å². The van der Waals surface area contributed by atoms with Gasteiger partial charge < -0.3 is 25.4 Å². The molecular weight excluding hydrogens is 491 g/mol. The molecule has 0 bridgehead atoms. The van der Waals surface area contributed by atoms with E-state index in [0.29, 0.717) is 11.4 Å². The molecule has 1 amide bonds. The van der Waals surface area contributed by atoms with Gasteiger partial charge in [0.1, 0.15) is 5.82 Å². The quantitative estimate of drug-likeness (QED) is 0.307. The molecule has 9 nitrogen and oxygen atoms in total. The smallest absolute Gasteiger partial charge is 0.320 e. The third-order valence-corrected chi connectivity index (χ3v) is 7.06. The molecule has 3 rings (SSSR count). The minimum atomic E-state index is -0.464. The van der Waals surface area contributed by atoms with Crippen LogP contribution in [-0.2, 0) is 19.1 Å². The molecule has 0 spiro atoms. The van der Waals surface area contributed by atoms with E-state index in [1.807, 2.05) is 0 Å². The second-order valence-corrected chi connectivity index (χ2v) is 10.1. The average Bonchev–Trinajstić information content (AvgIpc) is 3.39. The van der Waals surface area contributed by atoms with Crippen LogP contribution in [0.1, 0.15) is 82.0 Å². The first-order valence-corrected chi connectivity index (χ1v) is 14.1. The van der Waals surface area contributed by atoms with Crippen molar-refractivity contribution in [1.82, 2.24) is 10.2 Å². The highest BCUT2D eigenvalue weighted by molar-refractivity contribution is 6.00. The van der Waals surface area contributed by atoms with Crippen molar-refractivity contribution in [3.8, 4) is 0 Å². The molecule has 0 aliphatic heterocycles. The highest BCUT2D eigenvalue weighted by Crippen LogP contribution is 2.31. The molecule has 2 fully saturated rings. The normalized spacial score (nSPS) is 16.3. The molecule has 10 heteroatoms. The van der Waals surface area contributed by atoms with Gasteiger partial charge in [0.15, 0.2) is 0 Å². The highest BCUT2D eigenvalue weighted by atomic mass is 19.1. The van der Waals surface area contributed by atoms with Crippen molar-refractivity contribution in [1.29, 1.82) is 0 Å². The summed E-state index contributed by atoms with van der Waals surface area (Å²) in [6.07, 6.45) is 9.80. The number of nitrogens with one attached hydrogen (secondary N) is 3. The van der Waals surface area contributed by atoms with Crippen molar-refractivity contribution in [2.24, 2.45) is 0 Å². The summed E-state index contributed by atoms with van der Waals surface area (Å²) < 4.78 is 25.1. The summed E-state index contributed by atoms with van der Waals surface area (Å²) in [7, 11) is 0. The van der Waals surface area contributed by atoms with Crippen LogP contribution in [0.15, 0.2) is 12.1 Å². The Labute approximate surface area is 225 Å². The van der Waals surface area contributed by atoms with E-state index in [1.54, 1.807) is 24.8 Å². The predicted molar refractivity (Wildman–Crippen MR) is 145 cm³/mol. The SMILES string of the molecule is CCOC(=O)CN(CCNC(=O)c1cc(F)c(NC2CCCCC2)cc1NC1CCCC1)CC(=O)OCC. The van der Waals surface area contributed by atoms with Gasteiger partial charge in [0.2, 0.25) is 0 Å². The van der Waals surface area contributed by atoms with E-state index >= 15 is 4.39 Å². The lowest BCUT2D eigenvalue weighted by molar-refractivity contribution is -0.148. The van der Waals surface area contributed by atoms with Gasteiger partial charge in [-0.3, -0.25) is 19.3 Å². The average molecular weight is 535 g/mol. The van der Waals surface area contributed by atoms with E-state index in [-0.39, 0.29) is 57.0 Å². The summed E-state index contributed by atoms with van der Waals surface area (Å²) in [5, 5.41) is 9.65. The van der Waals surface area contributed by atoms with Gasteiger partial charge in [-0.2, -0.15) is 0 Å². The summed E-state index contributed by atoms with van der Waals surface area (Å²) >= 11 is 0. The summed E-state index contributed by atoms with van der Waals surface area (Å²) in [5.74, 6) is -1.80. The van der Waals surface area contributed by atoms with Crippen LogP contribution in [0.5, 0.6) is 0 Å². The molecule has 0 radical (unpaired) electrons. The summed E-state index contributed by atoms with van der Waals surface area (Å²) in [6.45, 7) is 4.05. The molecule has 38 heavy (non-hydrogen) atoms. The third kappa shape index (κ3) is 9.45. The van der Waals surface area contributed by atoms with Crippen LogP contribution in [0.2, 0.25) is 0 Å². The first-order chi connectivity index (χ1) is 18.4. The second-order valence-electron chi connectivity index (χ2n) is 10.1. The van der Waals surface area contributed by atoms with Crippen LogP contribution in [0.4, 0.5) is 15.8 Å². The Morgan fingerprint density at radius 3 is 1.92 bits per heavy atom. The first-order valence-electron chi connectivity index (χ1n) is 14.1. The summed E-state index contributed by atoms with van der Waals surface area (Å²) in [5.41, 5.74) is 1.28. The molecule has 0 heterocycles. The van der Waals surface area contributed by atoms with Gasteiger partial charge in [0, 0.05) is 30.9 Å². The van der Waals surface area contributed by atoms with Crippen molar-refractivity contribution in [2.75, 3.05) is 50.0 Å². The molecule has 0 atom stereocenters. The molecule has 1 aromatic rings. The van der Waals surface area contributed by atoms with Gasteiger partial charge in [-0.15, -0.1) is 0 Å². The van der Waals surface area contributed by atoms with Crippen molar-refractivity contribution >= 4 is 29.2 Å². The Morgan fingerprint density at radius 1 is 0.842 bits per heavy atom. The maximum absolute atomic E-state index is 15.2. The van der Waals surface area contributed by atoms with Gasteiger partial charge >= 0.3 is 11.9 Å². The molecule has 1 aromatic carbocycles. The minimum absolute atomic E-state index is 0.104. The van der Waals surface area contributed by atoms with E-state index in [1.165, 1.54) is 12.5 Å². The fourth-order valence-corrected chi connectivity index (χ4v) is 5.16. The van der Waals surface area contributed by atoms with Crippen LogP contribution in [-0.4, -0.2) is 74.2 Å². The second kappa shape index (κ2) is 15.5. The summed E-state index contributed by atoms with van der Waals surface area (Å²) in [6, 6.07) is 3.51. The summed E-state index contributed by atoms with van der Waals surface area (Å²) in [4.78, 5) is 38.7. The maximum Gasteiger partial charge on any atom is 0.320 e. The van der Waals surface area contributed by atoms with Crippen LogP contribution < -0.4 is 16.0 Å². The Balaban J connectivity index is 1.68. The molecule has 0 aromatic heterocycles. The van der Waals surface area contributed by atoms with E-state index in [2.05, 4.69) is 16.0 Å². The Kier molecular flexibility index (Phi) is 12.1. The highest BCUT2D eigenvalue weighted by Gasteiger charge is 2.23. The molecule has 0 saturated heterocycles. The Morgan fingerprint density at radius 2 is 1.37 bits per heavy atom. The first kappa shape index (κ1) is 29.7. The largest absolute Gasteiger partial charge is 0.465 e. The van der Waals surface area contributed by atoms with Crippen molar-refractivity contribution in [2.45, 2.75) is 83.7 Å². The van der Waals surface area contributed by atoms with Gasteiger partial charge in [-0.25, -0.2) is 4.39 Å². The van der Waals surface area contributed by atoms with E-state index < -0.39 is 23.7 Å². The number of hydrogen-bond donors (Lipinski definition) is 3. The van der Waals surface area contributed by atoms with E-state index in [0.717, 1.165) is 51.4 Å². The number of anilines is 2. The number of benzene rings is 1. The molecule has 0 unspecified atom stereocenters. The topological polar surface area (TPSA) is 109 Å². The zero-order valence-electron chi connectivity index (χ0n) is 22.8. The fourth-order valence-electron chi connectivity index (χ4n) is 5.16. The van der Waals surface area contributed by atoms with Gasteiger partial charge in [-0.05, 0) is 51.7 Å². The number of nitrogens with zero attached hydrogens (tertiary/aromatic N) is 1.